The minimum Gasteiger partial charge on any atom is -0.352 e. The van der Waals surface area contributed by atoms with E-state index in [1.807, 2.05) is 18.2 Å². The van der Waals surface area contributed by atoms with Crippen molar-refractivity contribution in [1.82, 2.24) is 5.32 Å². The van der Waals surface area contributed by atoms with E-state index in [2.05, 4.69) is 21.2 Å². The Morgan fingerprint density at radius 2 is 2.12 bits per heavy atom. The summed E-state index contributed by atoms with van der Waals surface area (Å²) in [6, 6.07) is 7.38. The van der Waals surface area contributed by atoms with Crippen LogP contribution in [0.3, 0.4) is 0 Å². The van der Waals surface area contributed by atoms with Crippen LogP contribution in [-0.2, 0) is 0 Å². The first-order chi connectivity index (χ1) is 7.74. The average Bonchev–Trinajstić information content (AvgIpc) is 2.28. The van der Waals surface area contributed by atoms with Crippen LogP contribution in [0, 0.1) is 0 Å². The summed E-state index contributed by atoms with van der Waals surface area (Å²) in [4.78, 5) is 11.7. The molecule has 1 aromatic carbocycles. The Morgan fingerprint density at radius 1 is 1.31 bits per heavy atom. The first-order valence-electron chi connectivity index (χ1n) is 5.48. The van der Waals surface area contributed by atoms with Crippen LogP contribution in [0.1, 0.15) is 29.6 Å². The number of amides is 1. The monoisotopic (exact) mass is 284 g/mol. The van der Waals surface area contributed by atoms with E-state index in [0.717, 1.165) is 30.3 Å². The molecule has 0 aromatic heterocycles. The number of hydrogen-bond donors (Lipinski definition) is 2. The number of hydrogen-bond acceptors (Lipinski definition) is 2. The van der Waals surface area contributed by atoms with Crippen LogP contribution >= 0.6 is 15.9 Å². The molecule has 0 aliphatic heterocycles. The van der Waals surface area contributed by atoms with E-state index in [4.69, 9.17) is 5.73 Å². The molecular formula is C12H17BrN2O. The molecule has 4 heteroatoms. The van der Waals surface area contributed by atoms with Crippen molar-refractivity contribution in [3.05, 3.63) is 34.3 Å². The molecule has 0 bridgehead atoms. The molecule has 0 spiro atoms. The van der Waals surface area contributed by atoms with Crippen LogP contribution in [0.25, 0.3) is 0 Å². The number of benzene rings is 1. The maximum absolute atomic E-state index is 11.7. The summed E-state index contributed by atoms with van der Waals surface area (Å²) >= 11 is 3.34. The SMILES string of the molecule is NCCCCCNC(=O)c1cccc(Br)c1. The topological polar surface area (TPSA) is 55.1 Å². The number of unbranched alkanes of at least 4 members (excludes halogenated alkanes) is 2. The predicted molar refractivity (Wildman–Crippen MR) is 69.4 cm³/mol. The summed E-state index contributed by atoms with van der Waals surface area (Å²) in [6.45, 7) is 1.44. The fourth-order valence-electron chi connectivity index (χ4n) is 1.38. The van der Waals surface area contributed by atoms with Gasteiger partial charge in [-0.3, -0.25) is 4.79 Å². The van der Waals surface area contributed by atoms with Crippen LogP contribution in [0.4, 0.5) is 0 Å². The van der Waals surface area contributed by atoms with Gasteiger partial charge in [0.1, 0.15) is 0 Å². The largest absolute Gasteiger partial charge is 0.352 e. The molecule has 3 nitrogen and oxygen atoms in total. The van der Waals surface area contributed by atoms with Gasteiger partial charge >= 0.3 is 0 Å². The Balaban J connectivity index is 2.30. The van der Waals surface area contributed by atoms with Crippen molar-refractivity contribution in [1.29, 1.82) is 0 Å². The highest BCUT2D eigenvalue weighted by Gasteiger charge is 2.04. The van der Waals surface area contributed by atoms with Crippen molar-refractivity contribution < 1.29 is 4.79 Å². The van der Waals surface area contributed by atoms with E-state index in [1.54, 1.807) is 6.07 Å². The number of nitrogens with one attached hydrogen (secondary N) is 1. The van der Waals surface area contributed by atoms with Gasteiger partial charge in [0.05, 0.1) is 0 Å². The van der Waals surface area contributed by atoms with E-state index in [0.29, 0.717) is 12.1 Å². The molecule has 0 unspecified atom stereocenters. The zero-order valence-electron chi connectivity index (χ0n) is 9.21. The first kappa shape index (κ1) is 13.2. The third kappa shape index (κ3) is 4.77. The van der Waals surface area contributed by atoms with Crippen LogP contribution in [0.2, 0.25) is 0 Å². The Bertz CT molecular complexity index is 342. The smallest absolute Gasteiger partial charge is 0.251 e. The number of nitrogens with two attached hydrogens (primary N) is 1. The summed E-state index contributed by atoms with van der Waals surface area (Å²) in [7, 11) is 0. The lowest BCUT2D eigenvalue weighted by Crippen LogP contribution is -2.24. The second-order valence-corrected chi connectivity index (χ2v) is 4.53. The lowest BCUT2D eigenvalue weighted by molar-refractivity contribution is 0.0953. The molecule has 0 radical (unpaired) electrons. The lowest BCUT2D eigenvalue weighted by atomic mass is 10.2. The van der Waals surface area contributed by atoms with Gasteiger partial charge in [0.25, 0.3) is 5.91 Å². The van der Waals surface area contributed by atoms with Crippen molar-refractivity contribution in [2.24, 2.45) is 5.73 Å². The number of carbonyl (C=O) groups is 1. The highest BCUT2D eigenvalue weighted by Crippen LogP contribution is 2.11. The number of rotatable bonds is 6. The van der Waals surface area contributed by atoms with Gasteiger partial charge in [-0.05, 0) is 37.6 Å². The highest BCUT2D eigenvalue weighted by molar-refractivity contribution is 9.10. The van der Waals surface area contributed by atoms with Gasteiger partial charge in [0, 0.05) is 16.6 Å². The third-order valence-electron chi connectivity index (χ3n) is 2.25. The second kappa shape index (κ2) is 7.41. The minimum absolute atomic E-state index is 0.0194. The quantitative estimate of drug-likeness (QED) is 0.788. The Hall–Kier alpha value is -0.870. The molecule has 0 atom stereocenters. The highest BCUT2D eigenvalue weighted by atomic mass is 79.9. The lowest BCUT2D eigenvalue weighted by Gasteiger charge is -2.05. The van der Waals surface area contributed by atoms with Gasteiger partial charge in [0.2, 0.25) is 0 Å². The summed E-state index contributed by atoms with van der Waals surface area (Å²) in [5, 5.41) is 2.88. The molecule has 16 heavy (non-hydrogen) atoms. The predicted octanol–water partition coefficient (Wildman–Crippen LogP) is 2.31. The number of halogens is 1. The van der Waals surface area contributed by atoms with E-state index in [9.17, 15) is 4.79 Å². The van der Waals surface area contributed by atoms with Crippen LogP contribution in [0.15, 0.2) is 28.7 Å². The van der Waals surface area contributed by atoms with Gasteiger partial charge in [0.15, 0.2) is 0 Å². The third-order valence-corrected chi connectivity index (χ3v) is 2.75. The van der Waals surface area contributed by atoms with Crippen molar-refractivity contribution >= 4 is 21.8 Å². The number of carbonyl (C=O) groups excluding carboxylic acids is 1. The molecule has 0 aliphatic carbocycles. The zero-order chi connectivity index (χ0) is 11.8. The van der Waals surface area contributed by atoms with Gasteiger partial charge in [-0.1, -0.05) is 28.4 Å². The van der Waals surface area contributed by atoms with Gasteiger partial charge in [-0.25, -0.2) is 0 Å². The summed E-state index contributed by atoms with van der Waals surface area (Å²) in [5.74, 6) is -0.0194. The molecule has 0 heterocycles. The normalized spacial score (nSPS) is 10.1. The summed E-state index contributed by atoms with van der Waals surface area (Å²) < 4.78 is 0.920. The molecule has 1 amide bonds. The molecule has 1 aromatic rings. The maximum Gasteiger partial charge on any atom is 0.251 e. The molecule has 0 saturated carbocycles. The van der Waals surface area contributed by atoms with Crippen molar-refractivity contribution in [2.75, 3.05) is 13.1 Å². The second-order valence-electron chi connectivity index (χ2n) is 3.62. The van der Waals surface area contributed by atoms with Gasteiger partial charge in [-0.2, -0.15) is 0 Å². The zero-order valence-corrected chi connectivity index (χ0v) is 10.8. The summed E-state index contributed by atoms with van der Waals surface area (Å²) in [6.07, 6.45) is 3.07. The molecule has 1 rings (SSSR count). The maximum atomic E-state index is 11.7. The van der Waals surface area contributed by atoms with E-state index in [1.165, 1.54) is 0 Å². The van der Waals surface area contributed by atoms with Crippen molar-refractivity contribution in [3.63, 3.8) is 0 Å². The van der Waals surface area contributed by atoms with Gasteiger partial charge in [-0.15, -0.1) is 0 Å². The Kier molecular flexibility index (Phi) is 6.11. The summed E-state index contributed by atoms with van der Waals surface area (Å²) in [5.41, 5.74) is 6.07. The average molecular weight is 285 g/mol. The molecular weight excluding hydrogens is 268 g/mol. The van der Waals surface area contributed by atoms with E-state index in [-0.39, 0.29) is 5.91 Å². The van der Waals surface area contributed by atoms with E-state index >= 15 is 0 Å². The fourth-order valence-corrected chi connectivity index (χ4v) is 1.78. The van der Waals surface area contributed by atoms with Gasteiger partial charge < -0.3 is 11.1 Å². The fraction of sp³-hybridized carbons (Fsp3) is 0.417. The van der Waals surface area contributed by atoms with Crippen molar-refractivity contribution in [3.8, 4) is 0 Å². The Morgan fingerprint density at radius 3 is 2.81 bits per heavy atom. The minimum atomic E-state index is -0.0194. The van der Waals surface area contributed by atoms with Crippen LogP contribution in [-0.4, -0.2) is 19.0 Å². The molecule has 3 N–H and O–H groups in total. The first-order valence-corrected chi connectivity index (χ1v) is 6.27. The van der Waals surface area contributed by atoms with E-state index < -0.39 is 0 Å². The van der Waals surface area contributed by atoms with Crippen LogP contribution < -0.4 is 11.1 Å². The molecule has 88 valence electrons. The van der Waals surface area contributed by atoms with Crippen molar-refractivity contribution in [2.45, 2.75) is 19.3 Å². The van der Waals surface area contributed by atoms with Crippen LogP contribution in [0.5, 0.6) is 0 Å². The molecule has 0 saturated heterocycles. The molecule has 0 fully saturated rings. The Labute approximate surface area is 105 Å². The molecule has 0 aliphatic rings. The standard InChI is InChI=1S/C12H17BrN2O/c13-11-6-4-5-10(9-11)12(16)15-8-3-1-2-7-14/h4-6,9H,1-3,7-8,14H2,(H,15,16).